The summed E-state index contributed by atoms with van der Waals surface area (Å²) in [5, 5.41) is 8.22. The van der Waals surface area contributed by atoms with Crippen LogP contribution < -0.4 is 5.32 Å². The van der Waals surface area contributed by atoms with Crippen molar-refractivity contribution in [1.82, 2.24) is 10.3 Å². The molecule has 0 bridgehead atoms. The first-order valence-electron chi connectivity index (χ1n) is 6.83. The fourth-order valence-corrected chi connectivity index (χ4v) is 3.61. The van der Waals surface area contributed by atoms with E-state index in [1.807, 2.05) is 6.92 Å². The van der Waals surface area contributed by atoms with Crippen molar-refractivity contribution in [2.75, 3.05) is 13.7 Å². The number of nitrogens with one attached hydrogen (secondary N) is 1. The summed E-state index contributed by atoms with van der Waals surface area (Å²) < 4.78 is 4.96. The molecule has 2 rings (SSSR count). The molecule has 0 saturated carbocycles. The van der Waals surface area contributed by atoms with E-state index >= 15 is 0 Å². The van der Waals surface area contributed by atoms with Crippen LogP contribution in [0.15, 0.2) is 16.8 Å². The van der Waals surface area contributed by atoms with Crippen molar-refractivity contribution >= 4 is 28.6 Å². The van der Waals surface area contributed by atoms with Gasteiger partial charge in [0.05, 0.1) is 18.3 Å². The first-order valence-corrected chi connectivity index (χ1v) is 8.59. The molecule has 0 aliphatic heterocycles. The van der Waals surface area contributed by atoms with E-state index in [1.54, 1.807) is 29.8 Å². The SMILES string of the molecule is COCCC(=O)N[C@@H](Cc1ccsc1)c1nc(C)c(C)s1. The molecule has 2 aromatic heterocycles. The molecular formula is C15H20N2O2S2. The Kier molecular flexibility index (Phi) is 5.90. The summed E-state index contributed by atoms with van der Waals surface area (Å²) in [6.45, 7) is 4.50. The highest BCUT2D eigenvalue weighted by Gasteiger charge is 2.19. The van der Waals surface area contributed by atoms with Crippen LogP contribution in [0.3, 0.4) is 0 Å². The van der Waals surface area contributed by atoms with Crippen LogP contribution in [0.2, 0.25) is 0 Å². The number of carbonyl (C=O) groups is 1. The zero-order valence-electron chi connectivity index (χ0n) is 12.5. The van der Waals surface area contributed by atoms with Crippen LogP contribution in [0.4, 0.5) is 0 Å². The third-order valence-electron chi connectivity index (χ3n) is 3.23. The Morgan fingerprint density at radius 1 is 1.48 bits per heavy atom. The van der Waals surface area contributed by atoms with E-state index < -0.39 is 0 Å². The molecule has 0 aromatic carbocycles. The fraction of sp³-hybridized carbons (Fsp3) is 0.467. The zero-order valence-corrected chi connectivity index (χ0v) is 14.1. The molecule has 0 aliphatic rings. The highest BCUT2D eigenvalue weighted by Crippen LogP contribution is 2.26. The number of amides is 1. The van der Waals surface area contributed by atoms with E-state index in [4.69, 9.17) is 4.74 Å². The minimum absolute atomic E-state index is 0.00239. The molecule has 6 heteroatoms. The molecule has 114 valence electrons. The summed E-state index contributed by atoms with van der Waals surface area (Å²) in [6.07, 6.45) is 1.15. The summed E-state index contributed by atoms with van der Waals surface area (Å²) in [5.74, 6) is 0.00239. The monoisotopic (exact) mass is 324 g/mol. The molecule has 0 spiro atoms. The smallest absolute Gasteiger partial charge is 0.222 e. The van der Waals surface area contributed by atoms with Crippen molar-refractivity contribution in [3.05, 3.63) is 38.0 Å². The van der Waals surface area contributed by atoms with E-state index in [0.29, 0.717) is 13.0 Å². The van der Waals surface area contributed by atoms with Crippen LogP contribution in [0.5, 0.6) is 0 Å². The molecule has 0 unspecified atom stereocenters. The Morgan fingerprint density at radius 2 is 2.29 bits per heavy atom. The maximum atomic E-state index is 12.0. The molecule has 4 nitrogen and oxygen atoms in total. The van der Waals surface area contributed by atoms with Gasteiger partial charge in [0.2, 0.25) is 5.91 Å². The predicted octanol–water partition coefficient (Wildman–Crippen LogP) is 3.26. The summed E-state index contributed by atoms with van der Waals surface area (Å²) in [6, 6.07) is 2.02. The molecule has 2 heterocycles. The Labute approximate surface area is 133 Å². The molecule has 1 amide bonds. The molecule has 1 atom stereocenters. The largest absolute Gasteiger partial charge is 0.384 e. The van der Waals surface area contributed by atoms with E-state index in [2.05, 4.69) is 34.1 Å². The summed E-state index contributed by atoms with van der Waals surface area (Å²) in [7, 11) is 1.60. The number of nitrogens with zero attached hydrogens (tertiary/aromatic N) is 1. The Morgan fingerprint density at radius 3 is 2.86 bits per heavy atom. The van der Waals surface area contributed by atoms with Gasteiger partial charge in [-0.25, -0.2) is 4.98 Å². The summed E-state index contributed by atoms with van der Waals surface area (Å²) in [5.41, 5.74) is 2.26. The van der Waals surface area contributed by atoms with Crippen molar-refractivity contribution in [3.8, 4) is 0 Å². The number of thiophene rings is 1. The molecule has 21 heavy (non-hydrogen) atoms. The number of ether oxygens (including phenoxy) is 1. The maximum absolute atomic E-state index is 12.0. The van der Waals surface area contributed by atoms with Crippen molar-refractivity contribution < 1.29 is 9.53 Å². The Hall–Kier alpha value is -1.24. The molecule has 1 N–H and O–H groups in total. The van der Waals surface area contributed by atoms with E-state index in [9.17, 15) is 4.79 Å². The van der Waals surface area contributed by atoms with Crippen LogP contribution in [0.25, 0.3) is 0 Å². The summed E-state index contributed by atoms with van der Waals surface area (Å²) in [4.78, 5) is 17.8. The number of carbonyl (C=O) groups excluding carboxylic acids is 1. The van der Waals surface area contributed by atoms with Gasteiger partial charge in [0, 0.05) is 24.8 Å². The average molecular weight is 324 g/mol. The Bertz CT molecular complexity index is 559. The number of methoxy groups -OCH3 is 1. The van der Waals surface area contributed by atoms with Gasteiger partial charge in [-0.2, -0.15) is 11.3 Å². The van der Waals surface area contributed by atoms with Gasteiger partial charge in [0.1, 0.15) is 5.01 Å². The highest BCUT2D eigenvalue weighted by molar-refractivity contribution is 7.11. The molecule has 0 radical (unpaired) electrons. The van der Waals surface area contributed by atoms with Gasteiger partial charge in [0.15, 0.2) is 0 Å². The van der Waals surface area contributed by atoms with Gasteiger partial charge >= 0.3 is 0 Å². The first-order chi connectivity index (χ1) is 10.1. The second-order valence-corrected chi connectivity index (χ2v) is 6.91. The topological polar surface area (TPSA) is 51.2 Å². The standard InChI is InChI=1S/C15H20N2O2S2/c1-10-11(2)21-15(16-10)13(8-12-5-7-20-9-12)17-14(18)4-6-19-3/h5,7,9,13H,4,6,8H2,1-3H3,(H,17,18)/t13-/m0/s1. The van der Waals surface area contributed by atoms with Gasteiger partial charge in [-0.05, 0) is 36.2 Å². The Balaban J connectivity index is 2.11. The number of hydrogen-bond donors (Lipinski definition) is 1. The van der Waals surface area contributed by atoms with Crippen molar-refractivity contribution in [2.45, 2.75) is 32.7 Å². The minimum atomic E-state index is -0.0682. The maximum Gasteiger partial charge on any atom is 0.222 e. The second kappa shape index (κ2) is 7.68. The fourth-order valence-electron chi connectivity index (χ4n) is 1.95. The van der Waals surface area contributed by atoms with Gasteiger partial charge in [-0.3, -0.25) is 4.79 Å². The van der Waals surface area contributed by atoms with Crippen molar-refractivity contribution in [1.29, 1.82) is 0 Å². The van der Waals surface area contributed by atoms with Gasteiger partial charge < -0.3 is 10.1 Å². The zero-order chi connectivity index (χ0) is 15.2. The lowest BCUT2D eigenvalue weighted by Crippen LogP contribution is -2.30. The lowest BCUT2D eigenvalue weighted by molar-refractivity contribution is -0.122. The summed E-state index contributed by atoms with van der Waals surface area (Å²) >= 11 is 3.32. The lowest BCUT2D eigenvalue weighted by Gasteiger charge is -2.16. The second-order valence-electron chi connectivity index (χ2n) is 4.89. The number of aromatic nitrogens is 1. The third-order valence-corrected chi connectivity index (χ3v) is 5.15. The number of rotatable bonds is 7. The van der Waals surface area contributed by atoms with E-state index in [-0.39, 0.29) is 11.9 Å². The van der Waals surface area contributed by atoms with Crippen LogP contribution in [0, 0.1) is 13.8 Å². The number of thiazole rings is 1. The lowest BCUT2D eigenvalue weighted by atomic mass is 10.1. The van der Waals surface area contributed by atoms with Crippen LogP contribution in [0.1, 0.15) is 33.6 Å². The molecule has 0 aliphatic carbocycles. The molecule has 2 aromatic rings. The van der Waals surface area contributed by atoms with Crippen molar-refractivity contribution in [3.63, 3.8) is 0 Å². The van der Waals surface area contributed by atoms with Crippen molar-refractivity contribution in [2.24, 2.45) is 0 Å². The third kappa shape index (κ3) is 4.62. The van der Waals surface area contributed by atoms with Gasteiger partial charge in [-0.15, -0.1) is 11.3 Å². The quantitative estimate of drug-likeness (QED) is 0.850. The normalized spacial score (nSPS) is 12.3. The average Bonchev–Trinajstić information content (AvgIpc) is 3.07. The van der Waals surface area contributed by atoms with E-state index in [0.717, 1.165) is 17.1 Å². The molecule has 0 fully saturated rings. The number of hydrogen-bond acceptors (Lipinski definition) is 5. The van der Waals surface area contributed by atoms with Crippen LogP contribution in [-0.4, -0.2) is 24.6 Å². The van der Waals surface area contributed by atoms with Crippen LogP contribution in [-0.2, 0) is 16.0 Å². The first kappa shape index (κ1) is 16.1. The number of aryl methyl sites for hydroxylation is 2. The van der Waals surface area contributed by atoms with Crippen LogP contribution >= 0.6 is 22.7 Å². The molecule has 0 saturated heterocycles. The minimum Gasteiger partial charge on any atom is -0.384 e. The van der Waals surface area contributed by atoms with Gasteiger partial charge in [-0.1, -0.05) is 0 Å². The van der Waals surface area contributed by atoms with E-state index in [1.165, 1.54) is 10.4 Å². The van der Waals surface area contributed by atoms with Gasteiger partial charge in [0.25, 0.3) is 0 Å². The highest BCUT2D eigenvalue weighted by atomic mass is 32.1. The predicted molar refractivity (Wildman–Crippen MR) is 87.0 cm³/mol. The molecular weight excluding hydrogens is 304 g/mol.